The van der Waals surface area contributed by atoms with Crippen LogP contribution in [-0.4, -0.2) is 24.5 Å². The first kappa shape index (κ1) is 17.3. The molecule has 2 aromatic carbocycles. The van der Waals surface area contributed by atoms with E-state index >= 15 is 0 Å². The lowest BCUT2D eigenvalue weighted by atomic mass is 9.81. The summed E-state index contributed by atoms with van der Waals surface area (Å²) in [4.78, 5) is 2.36. The van der Waals surface area contributed by atoms with Gasteiger partial charge in [-0.3, -0.25) is 4.90 Å². The maximum atomic E-state index is 6.83. The second-order valence-electron chi connectivity index (χ2n) is 7.88. The van der Waals surface area contributed by atoms with Gasteiger partial charge in [0, 0.05) is 13.1 Å². The van der Waals surface area contributed by atoms with Gasteiger partial charge < -0.3 is 4.74 Å². The van der Waals surface area contributed by atoms with Gasteiger partial charge in [0.05, 0.1) is 12.1 Å². The highest BCUT2D eigenvalue weighted by Crippen LogP contribution is 2.51. The summed E-state index contributed by atoms with van der Waals surface area (Å²) in [5, 5.41) is 0. The van der Waals surface area contributed by atoms with Crippen LogP contribution in [0.25, 0.3) is 0 Å². The third-order valence-electron chi connectivity index (χ3n) is 5.94. The van der Waals surface area contributed by atoms with Gasteiger partial charge in [0.25, 0.3) is 0 Å². The van der Waals surface area contributed by atoms with E-state index in [1.54, 1.807) is 0 Å². The number of terminal acetylenes is 1. The molecule has 2 nitrogen and oxygen atoms in total. The molecule has 1 atom stereocenters. The molecule has 0 aliphatic carbocycles. The van der Waals surface area contributed by atoms with Gasteiger partial charge in [-0.2, -0.15) is 0 Å². The Kier molecular flexibility index (Phi) is 4.61. The van der Waals surface area contributed by atoms with E-state index in [4.69, 9.17) is 11.2 Å². The van der Waals surface area contributed by atoms with Crippen LogP contribution in [0, 0.1) is 12.3 Å². The highest BCUT2D eigenvalue weighted by molar-refractivity contribution is 5.46. The van der Waals surface area contributed by atoms with Crippen LogP contribution in [-0.2, 0) is 10.3 Å². The number of nitrogens with zero attached hydrogens (tertiary/aromatic N) is 1. The number of hydrogen-bond donors (Lipinski definition) is 0. The zero-order valence-electron chi connectivity index (χ0n) is 15.7. The topological polar surface area (TPSA) is 12.5 Å². The zero-order valence-corrected chi connectivity index (χ0v) is 15.7. The van der Waals surface area contributed by atoms with E-state index in [1.165, 1.54) is 22.3 Å². The van der Waals surface area contributed by atoms with Crippen molar-refractivity contribution in [3.05, 3.63) is 70.8 Å². The number of benzene rings is 2. The first-order valence-electron chi connectivity index (χ1n) is 9.66. The maximum absolute atomic E-state index is 6.83. The predicted octanol–water partition coefficient (Wildman–Crippen LogP) is 4.85. The monoisotopic (exact) mass is 345 g/mol. The fourth-order valence-corrected chi connectivity index (χ4v) is 4.37. The molecule has 1 unspecified atom stereocenters. The Morgan fingerprint density at radius 1 is 1.15 bits per heavy atom. The van der Waals surface area contributed by atoms with Crippen molar-refractivity contribution in [2.24, 2.45) is 0 Å². The van der Waals surface area contributed by atoms with Gasteiger partial charge in [0.15, 0.2) is 0 Å². The van der Waals surface area contributed by atoms with Gasteiger partial charge in [-0.25, -0.2) is 0 Å². The number of hydrogen-bond acceptors (Lipinski definition) is 2. The normalized spacial score (nSPS) is 21.7. The summed E-state index contributed by atoms with van der Waals surface area (Å²) in [6.07, 6.45) is 7.56. The Bertz CT molecular complexity index is 810. The summed E-state index contributed by atoms with van der Waals surface area (Å²) in [6.45, 7) is 7.24. The summed E-state index contributed by atoms with van der Waals surface area (Å²) < 4.78 is 6.83. The van der Waals surface area contributed by atoms with Crippen LogP contribution in [0.5, 0.6) is 0 Å². The van der Waals surface area contributed by atoms with Gasteiger partial charge in [0.2, 0.25) is 0 Å². The van der Waals surface area contributed by atoms with Gasteiger partial charge >= 0.3 is 0 Å². The average Bonchev–Trinajstić information content (AvgIpc) is 2.98. The molecule has 2 aliphatic heterocycles. The minimum Gasteiger partial charge on any atom is -0.358 e. The Morgan fingerprint density at radius 3 is 2.54 bits per heavy atom. The highest BCUT2D eigenvalue weighted by Gasteiger charge is 2.47. The van der Waals surface area contributed by atoms with E-state index < -0.39 is 0 Å². The van der Waals surface area contributed by atoms with Crippen molar-refractivity contribution in [2.75, 3.05) is 19.6 Å². The molecule has 2 aliphatic rings. The van der Waals surface area contributed by atoms with Crippen molar-refractivity contribution in [2.45, 2.75) is 44.3 Å². The lowest BCUT2D eigenvalue weighted by molar-refractivity contribution is -0.0954. The van der Waals surface area contributed by atoms with E-state index in [2.05, 4.69) is 73.2 Å². The van der Waals surface area contributed by atoms with Crippen LogP contribution < -0.4 is 0 Å². The minimum atomic E-state index is -0.175. The second kappa shape index (κ2) is 6.91. The molecule has 1 fully saturated rings. The Labute approximate surface area is 157 Å². The van der Waals surface area contributed by atoms with Crippen LogP contribution in [0.3, 0.4) is 0 Å². The van der Waals surface area contributed by atoms with Crippen molar-refractivity contribution in [3.63, 3.8) is 0 Å². The van der Waals surface area contributed by atoms with Crippen molar-refractivity contribution < 1.29 is 4.74 Å². The van der Waals surface area contributed by atoms with E-state index in [1.807, 2.05) is 0 Å². The van der Waals surface area contributed by atoms with E-state index in [-0.39, 0.29) is 11.7 Å². The minimum absolute atomic E-state index is 0.0339. The van der Waals surface area contributed by atoms with Gasteiger partial charge in [-0.05, 0) is 41.0 Å². The van der Waals surface area contributed by atoms with E-state index in [0.717, 1.165) is 32.5 Å². The van der Waals surface area contributed by atoms with Crippen molar-refractivity contribution in [1.29, 1.82) is 0 Å². The molecule has 0 bridgehead atoms. The quantitative estimate of drug-likeness (QED) is 0.737. The van der Waals surface area contributed by atoms with Crippen LogP contribution in [0.4, 0.5) is 0 Å². The van der Waals surface area contributed by atoms with E-state index in [9.17, 15) is 0 Å². The third kappa shape index (κ3) is 2.96. The number of piperidine rings is 1. The van der Waals surface area contributed by atoms with Crippen LogP contribution >= 0.6 is 0 Å². The third-order valence-corrected chi connectivity index (χ3v) is 5.94. The SMILES string of the molecule is C#CCN1CCC2(CC1)OC(c1ccccc1)c1ccc(C(C)C)cc12. The maximum Gasteiger partial charge on any atom is 0.109 e. The van der Waals surface area contributed by atoms with Crippen LogP contribution in [0.15, 0.2) is 48.5 Å². The standard InChI is InChI=1S/C24H27NO/c1-4-14-25-15-12-24(13-16-25)22-17-20(18(2)3)10-11-21(22)23(26-24)19-8-6-5-7-9-19/h1,5-11,17-18,23H,12-16H2,2-3H3. The fraction of sp³-hybridized carbons (Fsp3) is 0.417. The van der Waals surface area contributed by atoms with Crippen LogP contribution in [0.1, 0.15) is 61.0 Å². The molecule has 0 amide bonds. The molecule has 134 valence electrons. The van der Waals surface area contributed by atoms with Gasteiger partial charge in [-0.1, -0.05) is 68.3 Å². The Morgan fingerprint density at radius 2 is 1.88 bits per heavy atom. The molecular formula is C24H27NO. The van der Waals surface area contributed by atoms with Crippen molar-refractivity contribution in [1.82, 2.24) is 4.90 Å². The van der Waals surface area contributed by atoms with Gasteiger partial charge in [0.1, 0.15) is 6.10 Å². The molecule has 0 radical (unpaired) electrons. The largest absolute Gasteiger partial charge is 0.358 e. The summed E-state index contributed by atoms with van der Waals surface area (Å²) in [5.74, 6) is 3.30. The lowest BCUT2D eigenvalue weighted by Gasteiger charge is -2.39. The summed E-state index contributed by atoms with van der Waals surface area (Å²) in [7, 11) is 0. The lowest BCUT2D eigenvalue weighted by Crippen LogP contribution is -2.42. The number of rotatable bonds is 3. The Hall–Kier alpha value is -2.08. The molecule has 0 saturated carbocycles. The highest BCUT2D eigenvalue weighted by atomic mass is 16.5. The zero-order chi connectivity index (χ0) is 18.1. The first-order chi connectivity index (χ1) is 12.6. The van der Waals surface area contributed by atoms with E-state index in [0.29, 0.717) is 5.92 Å². The number of fused-ring (bicyclic) bond motifs is 2. The number of likely N-dealkylation sites (tertiary alicyclic amines) is 1. The average molecular weight is 345 g/mol. The first-order valence-corrected chi connectivity index (χ1v) is 9.66. The fourth-order valence-electron chi connectivity index (χ4n) is 4.37. The summed E-state index contributed by atoms with van der Waals surface area (Å²) >= 11 is 0. The molecular weight excluding hydrogens is 318 g/mol. The van der Waals surface area contributed by atoms with Gasteiger partial charge in [-0.15, -0.1) is 6.42 Å². The molecule has 4 rings (SSSR count). The molecule has 2 heteroatoms. The van der Waals surface area contributed by atoms with Crippen LogP contribution in [0.2, 0.25) is 0 Å². The molecule has 26 heavy (non-hydrogen) atoms. The summed E-state index contributed by atoms with van der Waals surface area (Å²) in [6, 6.07) is 17.6. The second-order valence-corrected chi connectivity index (χ2v) is 7.88. The Balaban J connectivity index is 1.73. The molecule has 0 N–H and O–H groups in total. The molecule has 1 spiro atoms. The smallest absolute Gasteiger partial charge is 0.109 e. The number of ether oxygens (including phenoxy) is 1. The van der Waals surface area contributed by atoms with Crippen molar-refractivity contribution >= 4 is 0 Å². The molecule has 1 saturated heterocycles. The molecule has 2 heterocycles. The molecule has 0 aromatic heterocycles. The van der Waals surface area contributed by atoms with Crippen molar-refractivity contribution in [3.8, 4) is 12.3 Å². The molecule has 2 aromatic rings. The predicted molar refractivity (Wildman–Crippen MR) is 106 cm³/mol. The summed E-state index contributed by atoms with van der Waals surface area (Å²) in [5.41, 5.74) is 5.20.